The molecule has 0 spiro atoms. The highest BCUT2D eigenvalue weighted by Crippen LogP contribution is 2.26. The average molecular weight is 303 g/mol. The highest BCUT2D eigenvalue weighted by Gasteiger charge is 2.17. The fourth-order valence-corrected chi connectivity index (χ4v) is 2.88. The molecule has 0 aliphatic carbocycles. The van der Waals surface area contributed by atoms with E-state index in [9.17, 15) is 4.79 Å². The maximum Gasteiger partial charge on any atom is 0.237 e. The van der Waals surface area contributed by atoms with Crippen LogP contribution in [0.4, 0.5) is 11.4 Å². The first kappa shape index (κ1) is 16.1. The third-order valence-electron chi connectivity index (χ3n) is 2.59. The summed E-state index contributed by atoms with van der Waals surface area (Å²) in [5.74, 6) is -0.110. The SMILES string of the molecule is CC(CCO)SC(C)C(=O)Nc1ccc(N)cc1Cl. The Morgan fingerprint density at radius 2 is 2.21 bits per heavy atom. The fourth-order valence-electron chi connectivity index (χ4n) is 1.53. The van der Waals surface area contributed by atoms with E-state index < -0.39 is 0 Å². The lowest BCUT2D eigenvalue weighted by Crippen LogP contribution is -2.24. The second-order valence-corrected chi connectivity index (χ2v) is 6.52. The molecule has 0 aliphatic rings. The van der Waals surface area contributed by atoms with E-state index >= 15 is 0 Å². The van der Waals surface area contributed by atoms with Crippen molar-refractivity contribution in [1.29, 1.82) is 0 Å². The molecule has 6 heteroatoms. The number of nitrogens with one attached hydrogen (secondary N) is 1. The molecular formula is C13H19ClN2O2S. The van der Waals surface area contributed by atoms with Crippen molar-refractivity contribution < 1.29 is 9.90 Å². The van der Waals surface area contributed by atoms with Crippen LogP contribution < -0.4 is 11.1 Å². The molecule has 0 radical (unpaired) electrons. The molecule has 0 fully saturated rings. The number of hydrogen-bond acceptors (Lipinski definition) is 4. The van der Waals surface area contributed by atoms with E-state index in [1.165, 1.54) is 11.8 Å². The maximum absolute atomic E-state index is 12.0. The quantitative estimate of drug-likeness (QED) is 0.706. The summed E-state index contributed by atoms with van der Waals surface area (Å²) in [6.45, 7) is 3.95. The molecular weight excluding hydrogens is 284 g/mol. The highest BCUT2D eigenvalue weighted by molar-refractivity contribution is 8.01. The van der Waals surface area contributed by atoms with Crippen LogP contribution in [0.3, 0.4) is 0 Å². The van der Waals surface area contributed by atoms with Crippen LogP contribution in [0, 0.1) is 0 Å². The lowest BCUT2D eigenvalue weighted by molar-refractivity contribution is -0.115. The summed E-state index contributed by atoms with van der Waals surface area (Å²) in [5.41, 5.74) is 6.71. The summed E-state index contributed by atoms with van der Waals surface area (Å²) in [7, 11) is 0. The summed E-state index contributed by atoms with van der Waals surface area (Å²) in [5, 5.41) is 12.1. The van der Waals surface area contributed by atoms with Gasteiger partial charge in [0.15, 0.2) is 0 Å². The number of aliphatic hydroxyl groups excluding tert-OH is 1. The number of halogens is 1. The van der Waals surface area contributed by atoms with Crippen molar-refractivity contribution in [3.8, 4) is 0 Å². The summed E-state index contributed by atoms with van der Waals surface area (Å²) in [6, 6.07) is 4.97. The van der Waals surface area contributed by atoms with Gasteiger partial charge >= 0.3 is 0 Å². The van der Waals surface area contributed by atoms with Crippen LogP contribution in [0.1, 0.15) is 20.3 Å². The molecule has 0 saturated carbocycles. The molecule has 1 aromatic carbocycles. The fraction of sp³-hybridized carbons (Fsp3) is 0.462. The monoisotopic (exact) mass is 302 g/mol. The Bertz CT molecular complexity index is 443. The summed E-state index contributed by atoms with van der Waals surface area (Å²) >= 11 is 7.52. The molecule has 4 N–H and O–H groups in total. The zero-order chi connectivity index (χ0) is 14.4. The van der Waals surface area contributed by atoms with E-state index in [1.807, 2.05) is 13.8 Å². The van der Waals surface area contributed by atoms with E-state index in [4.69, 9.17) is 22.4 Å². The maximum atomic E-state index is 12.0. The van der Waals surface area contributed by atoms with Crippen molar-refractivity contribution in [3.63, 3.8) is 0 Å². The van der Waals surface area contributed by atoms with Crippen LogP contribution in [0.25, 0.3) is 0 Å². The Balaban J connectivity index is 2.58. The van der Waals surface area contributed by atoms with Crippen LogP contribution in [-0.2, 0) is 4.79 Å². The summed E-state index contributed by atoms with van der Waals surface area (Å²) < 4.78 is 0. The van der Waals surface area contributed by atoms with E-state index in [2.05, 4.69) is 5.32 Å². The van der Waals surface area contributed by atoms with Gasteiger partial charge in [-0.15, -0.1) is 11.8 Å². The predicted octanol–water partition coefficient (Wildman–Crippen LogP) is 2.75. The number of nitrogen functional groups attached to an aromatic ring is 1. The number of rotatable bonds is 6. The molecule has 1 aromatic rings. The smallest absolute Gasteiger partial charge is 0.237 e. The molecule has 0 saturated heterocycles. The third-order valence-corrected chi connectivity index (χ3v) is 4.23. The predicted molar refractivity (Wildman–Crippen MR) is 82.7 cm³/mol. The lowest BCUT2D eigenvalue weighted by atomic mass is 10.2. The molecule has 19 heavy (non-hydrogen) atoms. The standard InChI is InChI=1S/C13H19ClN2O2S/c1-8(5-6-17)19-9(2)13(18)16-12-4-3-10(15)7-11(12)14/h3-4,7-9,17H,5-6,15H2,1-2H3,(H,16,18). The number of hydrogen-bond donors (Lipinski definition) is 3. The minimum Gasteiger partial charge on any atom is -0.399 e. The Kier molecular flexibility index (Phi) is 6.48. The normalized spacial score (nSPS) is 13.9. The minimum atomic E-state index is -0.213. The van der Waals surface area contributed by atoms with Crippen molar-refractivity contribution >= 4 is 40.6 Å². The number of amides is 1. The number of thioether (sulfide) groups is 1. The van der Waals surface area contributed by atoms with Gasteiger partial charge in [-0.1, -0.05) is 18.5 Å². The Morgan fingerprint density at radius 1 is 1.53 bits per heavy atom. The zero-order valence-corrected chi connectivity index (χ0v) is 12.6. The van der Waals surface area contributed by atoms with Crippen LogP contribution in [-0.4, -0.2) is 28.1 Å². The van der Waals surface area contributed by atoms with Crippen molar-refractivity contribution in [2.24, 2.45) is 0 Å². The van der Waals surface area contributed by atoms with Gasteiger partial charge in [0, 0.05) is 17.5 Å². The second kappa shape index (κ2) is 7.62. The first-order valence-corrected chi connectivity index (χ1v) is 7.38. The van der Waals surface area contributed by atoms with Crippen LogP contribution in [0.5, 0.6) is 0 Å². The molecule has 1 amide bonds. The number of anilines is 2. The van der Waals surface area contributed by atoms with Gasteiger partial charge in [-0.05, 0) is 31.5 Å². The number of nitrogens with two attached hydrogens (primary N) is 1. The highest BCUT2D eigenvalue weighted by atomic mass is 35.5. The Hall–Kier alpha value is -0.910. The van der Waals surface area contributed by atoms with Crippen molar-refractivity contribution in [2.45, 2.75) is 30.8 Å². The van der Waals surface area contributed by atoms with Gasteiger partial charge in [-0.25, -0.2) is 0 Å². The topological polar surface area (TPSA) is 75.3 Å². The molecule has 4 nitrogen and oxygen atoms in total. The average Bonchev–Trinajstić information content (AvgIpc) is 2.32. The number of carbonyl (C=O) groups is 1. The van der Waals surface area contributed by atoms with Gasteiger partial charge in [0.05, 0.1) is 16.0 Å². The summed E-state index contributed by atoms with van der Waals surface area (Å²) in [4.78, 5) is 12.0. The summed E-state index contributed by atoms with van der Waals surface area (Å²) in [6.07, 6.45) is 0.672. The first-order valence-electron chi connectivity index (χ1n) is 6.06. The molecule has 0 heterocycles. The van der Waals surface area contributed by atoms with E-state index in [-0.39, 0.29) is 23.0 Å². The largest absolute Gasteiger partial charge is 0.399 e. The van der Waals surface area contributed by atoms with Gasteiger partial charge in [0.2, 0.25) is 5.91 Å². The number of benzene rings is 1. The van der Waals surface area contributed by atoms with Gasteiger partial charge in [0.1, 0.15) is 0 Å². The molecule has 2 unspecified atom stereocenters. The van der Waals surface area contributed by atoms with E-state index in [0.717, 1.165) is 0 Å². The second-order valence-electron chi connectivity index (χ2n) is 4.33. The van der Waals surface area contributed by atoms with Gasteiger partial charge in [0.25, 0.3) is 0 Å². The molecule has 106 valence electrons. The molecule has 0 aliphatic heterocycles. The van der Waals surface area contributed by atoms with Crippen molar-refractivity contribution in [1.82, 2.24) is 0 Å². The van der Waals surface area contributed by atoms with Crippen LogP contribution >= 0.6 is 23.4 Å². The Morgan fingerprint density at radius 3 is 2.79 bits per heavy atom. The van der Waals surface area contributed by atoms with E-state index in [0.29, 0.717) is 22.8 Å². The van der Waals surface area contributed by atoms with Crippen LogP contribution in [0.15, 0.2) is 18.2 Å². The van der Waals surface area contributed by atoms with E-state index in [1.54, 1.807) is 18.2 Å². The molecule has 0 aromatic heterocycles. The van der Waals surface area contributed by atoms with Crippen molar-refractivity contribution in [2.75, 3.05) is 17.7 Å². The van der Waals surface area contributed by atoms with Gasteiger partial charge in [-0.2, -0.15) is 0 Å². The number of carbonyl (C=O) groups excluding carboxylic acids is 1. The molecule has 1 rings (SSSR count). The first-order chi connectivity index (χ1) is 8.93. The Labute approximate surface area is 122 Å². The third kappa shape index (κ3) is 5.30. The van der Waals surface area contributed by atoms with Crippen molar-refractivity contribution in [3.05, 3.63) is 23.2 Å². The van der Waals surface area contributed by atoms with Gasteiger partial charge in [-0.3, -0.25) is 4.79 Å². The minimum absolute atomic E-state index is 0.110. The zero-order valence-electron chi connectivity index (χ0n) is 11.0. The van der Waals surface area contributed by atoms with Crippen LogP contribution in [0.2, 0.25) is 5.02 Å². The lowest BCUT2D eigenvalue weighted by Gasteiger charge is -2.16. The van der Waals surface area contributed by atoms with Gasteiger partial charge < -0.3 is 16.2 Å². The molecule has 2 atom stereocenters. The number of aliphatic hydroxyl groups is 1. The molecule has 0 bridgehead atoms.